The lowest BCUT2D eigenvalue weighted by Gasteiger charge is -2.10. The summed E-state index contributed by atoms with van der Waals surface area (Å²) in [5.74, 6) is 0. The first-order chi connectivity index (χ1) is 5.40. The quantitative estimate of drug-likeness (QED) is 0.652. The summed E-state index contributed by atoms with van der Waals surface area (Å²) < 4.78 is 0. The number of fused-ring (bicyclic) bond motifs is 1. The maximum Gasteiger partial charge on any atom is 0.0302 e. The summed E-state index contributed by atoms with van der Waals surface area (Å²) in [7, 11) is 0. The predicted molar refractivity (Wildman–Crippen MR) is 47.6 cm³/mol. The van der Waals surface area contributed by atoms with Gasteiger partial charge in [0.15, 0.2) is 0 Å². The molecule has 11 heavy (non-hydrogen) atoms. The van der Waals surface area contributed by atoms with Gasteiger partial charge in [-0.1, -0.05) is 0 Å². The fourth-order valence-corrected chi connectivity index (χ4v) is 2.48. The summed E-state index contributed by atoms with van der Waals surface area (Å²) in [6.45, 7) is 2.85. The van der Waals surface area contributed by atoms with Gasteiger partial charge in [-0.15, -0.1) is 11.3 Å². The zero-order valence-corrected chi connectivity index (χ0v) is 7.21. The van der Waals surface area contributed by atoms with E-state index in [4.69, 9.17) is 5.73 Å². The van der Waals surface area contributed by atoms with Crippen LogP contribution in [0.2, 0.25) is 0 Å². The van der Waals surface area contributed by atoms with Gasteiger partial charge >= 0.3 is 0 Å². The Balaban J connectivity index is 2.32. The summed E-state index contributed by atoms with van der Waals surface area (Å²) in [5.41, 5.74) is 7.06. The van der Waals surface area contributed by atoms with E-state index in [2.05, 4.69) is 11.4 Å². The van der Waals surface area contributed by atoms with E-state index in [1.54, 1.807) is 0 Å². The van der Waals surface area contributed by atoms with E-state index in [1.165, 1.54) is 21.7 Å². The number of thiophene rings is 1. The molecule has 0 aromatic carbocycles. The molecule has 2 heterocycles. The van der Waals surface area contributed by atoms with Crippen molar-refractivity contribution >= 4 is 11.3 Å². The third-order valence-electron chi connectivity index (χ3n) is 2.01. The monoisotopic (exact) mass is 168 g/mol. The number of hydrogen-bond donors (Lipinski definition) is 2. The molecule has 0 spiro atoms. The highest BCUT2D eigenvalue weighted by Crippen LogP contribution is 2.24. The lowest BCUT2D eigenvalue weighted by Crippen LogP contribution is -2.21. The molecule has 0 saturated carbocycles. The molecular formula is C8H12N2S. The highest BCUT2D eigenvalue weighted by molar-refractivity contribution is 7.12. The molecule has 1 aliphatic rings. The van der Waals surface area contributed by atoms with E-state index < -0.39 is 0 Å². The van der Waals surface area contributed by atoms with Gasteiger partial charge in [-0.25, -0.2) is 0 Å². The Morgan fingerprint density at radius 3 is 3.27 bits per heavy atom. The number of nitrogens with two attached hydrogens (primary N) is 1. The number of nitrogens with one attached hydrogen (secondary N) is 1. The van der Waals surface area contributed by atoms with E-state index >= 15 is 0 Å². The normalized spacial score (nSPS) is 16.5. The summed E-state index contributed by atoms with van der Waals surface area (Å²) in [5, 5.41) is 3.35. The van der Waals surface area contributed by atoms with E-state index in [9.17, 15) is 0 Å². The van der Waals surface area contributed by atoms with E-state index in [-0.39, 0.29) is 0 Å². The standard InChI is InChI=1S/C8H12N2S/c9-4-7-3-6-1-2-10-5-8(6)11-7/h3,10H,1-2,4-5,9H2. The molecule has 60 valence electrons. The first kappa shape index (κ1) is 7.28. The lowest BCUT2D eigenvalue weighted by atomic mass is 10.1. The van der Waals surface area contributed by atoms with Crippen LogP contribution in [0.3, 0.4) is 0 Å². The van der Waals surface area contributed by atoms with Crippen molar-refractivity contribution in [3.8, 4) is 0 Å². The maximum absolute atomic E-state index is 5.55. The Hall–Kier alpha value is -0.380. The van der Waals surface area contributed by atoms with Crippen LogP contribution in [0.1, 0.15) is 15.3 Å². The molecule has 0 bridgehead atoms. The van der Waals surface area contributed by atoms with Crippen LogP contribution < -0.4 is 11.1 Å². The largest absolute Gasteiger partial charge is 0.326 e. The molecule has 0 amide bonds. The predicted octanol–water partition coefficient (Wildman–Crippen LogP) is 0.853. The van der Waals surface area contributed by atoms with Gasteiger partial charge in [0.25, 0.3) is 0 Å². The number of rotatable bonds is 1. The van der Waals surface area contributed by atoms with Crippen molar-refractivity contribution in [3.05, 3.63) is 21.4 Å². The van der Waals surface area contributed by atoms with Crippen LogP contribution in [0.4, 0.5) is 0 Å². The van der Waals surface area contributed by atoms with Crippen molar-refractivity contribution in [2.75, 3.05) is 6.54 Å². The Kier molecular flexibility index (Phi) is 1.94. The summed E-state index contributed by atoms with van der Waals surface area (Å²) in [6, 6.07) is 2.25. The number of hydrogen-bond acceptors (Lipinski definition) is 3. The molecule has 1 aromatic heterocycles. The van der Waals surface area contributed by atoms with Crippen molar-refractivity contribution in [1.29, 1.82) is 0 Å². The molecule has 0 unspecified atom stereocenters. The molecule has 0 atom stereocenters. The first-order valence-electron chi connectivity index (χ1n) is 3.91. The first-order valence-corrected chi connectivity index (χ1v) is 4.73. The topological polar surface area (TPSA) is 38.0 Å². The molecule has 2 nitrogen and oxygen atoms in total. The molecule has 1 aromatic rings. The summed E-state index contributed by atoms with van der Waals surface area (Å²) in [6.07, 6.45) is 1.17. The smallest absolute Gasteiger partial charge is 0.0302 e. The van der Waals surface area contributed by atoms with Crippen molar-refractivity contribution in [1.82, 2.24) is 5.32 Å². The van der Waals surface area contributed by atoms with Crippen molar-refractivity contribution in [2.24, 2.45) is 5.73 Å². The van der Waals surface area contributed by atoms with Gasteiger partial charge in [0.05, 0.1) is 0 Å². The molecule has 0 saturated heterocycles. The average molecular weight is 168 g/mol. The molecule has 3 heteroatoms. The fourth-order valence-electron chi connectivity index (χ4n) is 1.41. The second-order valence-electron chi connectivity index (χ2n) is 2.79. The zero-order valence-electron chi connectivity index (χ0n) is 6.39. The van der Waals surface area contributed by atoms with Crippen molar-refractivity contribution < 1.29 is 0 Å². The highest BCUT2D eigenvalue weighted by atomic mass is 32.1. The molecule has 0 radical (unpaired) electrons. The minimum Gasteiger partial charge on any atom is -0.326 e. The van der Waals surface area contributed by atoms with Gasteiger partial charge in [0.2, 0.25) is 0 Å². The van der Waals surface area contributed by atoms with Crippen LogP contribution in [0, 0.1) is 0 Å². The van der Waals surface area contributed by atoms with Gasteiger partial charge in [0, 0.05) is 22.8 Å². The molecule has 2 rings (SSSR count). The van der Waals surface area contributed by atoms with Gasteiger partial charge in [-0.3, -0.25) is 0 Å². The molecule has 0 fully saturated rings. The summed E-state index contributed by atoms with van der Waals surface area (Å²) >= 11 is 1.85. The van der Waals surface area contributed by atoms with Crippen LogP contribution in [0.5, 0.6) is 0 Å². The van der Waals surface area contributed by atoms with Gasteiger partial charge in [-0.2, -0.15) is 0 Å². The second kappa shape index (κ2) is 2.93. The van der Waals surface area contributed by atoms with Gasteiger partial charge in [0.1, 0.15) is 0 Å². The third kappa shape index (κ3) is 1.31. The third-order valence-corrected chi connectivity index (χ3v) is 3.21. The van der Waals surface area contributed by atoms with Gasteiger partial charge < -0.3 is 11.1 Å². The molecule has 0 aliphatic carbocycles. The molecular weight excluding hydrogens is 156 g/mol. The Labute approximate surface area is 70.4 Å². The SMILES string of the molecule is NCc1cc2c(s1)CNCC2. The van der Waals surface area contributed by atoms with E-state index in [0.717, 1.165) is 13.1 Å². The van der Waals surface area contributed by atoms with Crippen LogP contribution in [-0.4, -0.2) is 6.54 Å². The fraction of sp³-hybridized carbons (Fsp3) is 0.500. The Bertz CT molecular complexity index is 231. The Morgan fingerprint density at radius 2 is 2.55 bits per heavy atom. The Morgan fingerprint density at radius 1 is 1.64 bits per heavy atom. The minimum atomic E-state index is 0.692. The van der Waals surface area contributed by atoms with Gasteiger partial charge in [-0.05, 0) is 24.6 Å². The van der Waals surface area contributed by atoms with E-state index in [1.807, 2.05) is 11.3 Å². The average Bonchev–Trinajstić information content (AvgIpc) is 2.46. The van der Waals surface area contributed by atoms with Crippen molar-refractivity contribution in [2.45, 2.75) is 19.5 Å². The van der Waals surface area contributed by atoms with Crippen molar-refractivity contribution in [3.63, 3.8) is 0 Å². The van der Waals surface area contributed by atoms with Crippen LogP contribution >= 0.6 is 11.3 Å². The molecule has 1 aliphatic heterocycles. The second-order valence-corrected chi connectivity index (χ2v) is 4.01. The minimum absolute atomic E-state index is 0.692. The van der Waals surface area contributed by atoms with Crippen LogP contribution in [0.25, 0.3) is 0 Å². The highest BCUT2D eigenvalue weighted by Gasteiger charge is 2.11. The maximum atomic E-state index is 5.55. The molecule has 3 N–H and O–H groups in total. The van der Waals surface area contributed by atoms with Crippen LogP contribution in [0.15, 0.2) is 6.07 Å². The zero-order chi connectivity index (χ0) is 7.68. The lowest BCUT2D eigenvalue weighted by molar-refractivity contribution is 0.654. The van der Waals surface area contributed by atoms with E-state index in [0.29, 0.717) is 6.54 Å². The van der Waals surface area contributed by atoms with Crippen LogP contribution in [-0.2, 0) is 19.5 Å². The summed E-state index contributed by atoms with van der Waals surface area (Å²) in [4.78, 5) is 2.80.